The van der Waals surface area contributed by atoms with Gasteiger partial charge >= 0.3 is 0 Å². The lowest BCUT2D eigenvalue weighted by atomic mass is 10.2. The van der Waals surface area contributed by atoms with Crippen molar-refractivity contribution in [3.63, 3.8) is 0 Å². The van der Waals surface area contributed by atoms with Gasteiger partial charge in [-0.2, -0.15) is 0 Å². The third-order valence-corrected chi connectivity index (χ3v) is 4.38. The maximum Gasteiger partial charge on any atom is 0.255 e. The van der Waals surface area contributed by atoms with Crippen molar-refractivity contribution < 1.29 is 9.90 Å². The van der Waals surface area contributed by atoms with E-state index in [1.54, 1.807) is 11.1 Å². The smallest absolute Gasteiger partial charge is 0.255 e. The molecule has 21 heavy (non-hydrogen) atoms. The Bertz CT molecular complexity index is 481. The first kappa shape index (κ1) is 14.3. The van der Waals surface area contributed by atoms with Gasteiger partial charge in [-0.3, -0.25) is 4.79 Å². The van der Waals surface area contributed by atoms with Crippen molar-refractivity contribution in [2.45, 2.75) is 38.2 Å². The molecule has 1 atom stereocenters. The fraction of sp³-hybridized carbons (Fsp3) is 0.625. The second-order valence-electron chi connectivity index (χ2n) is 6.00. The molecule has 0 saturated carbocycles. The Balaban J connectivity index is 1.67. The number of hydrogen-bond donors (Lipinski definition) is 1. The van der Waals surface area contributed by atoms with Crippen LogP contribution in [-0.2, 0) is 0 Å². The standard InChI is InChI=1S/C16H23N3O2/c20-14-7-10-19(12-14)16(21)13-5-6-15(17-11-13)18-8-3-1-2-4-9-18/h5-6,11,14,20H,1-4,7-10,12H2/t14-/m1/s1. The molecule has 2 aliphatic heterocycles. The molecule has 5 heteroatoms. The van der Waals surface area contributed by atoms with Crippen LogP contribution >= 0.6 is 0 Å². The maximum atomic E-state index is 12.3. The average molecular weight is 289 g/mol. The summed E-state index contributed by atoms with van der Waals surface area (Å²) in [5, 5.41) is 9.52. The lowest BCUT2D eigenvalue weighted by Crippen LogP contribution is -2.30. The molecule has 0 bridgehead atoms. The molecule has 5 nitrogen and oxygen atoms in total. The topological polar surface area (TPSA) is 56.7 Å². The summed E-state index contributed by atoms with van der Waals surface area (Å²) < 4.78 is 0. The predicted molar refractivity (Wildman–Crippen MR) is 81.4 cm³/mol. The number of aliphatic hydroxyl groups is 1. The number of rotatable bonds is 2. The summed E-state index contributed by atoms with van der Waals surface area (Å²) in [7, 11) is 0. The molecule has 0 aliphatic carbocycles. The van der Waals surface area contributed by atoms with E-state index in [4.69, 9.17) is 0 Å². The average Bonchev–Trinajstić information content (AvgIpc) is 2.77. The Morgan fingerprint density at radius 2 is 1.90 bits per heavy atom. The van der Waals surface area contributed by atoms with Gasteiger partial charge in [0.2, 0.25) is 0 Å². The number of likely N-dealkylation sites (tertiary alicyclic amines) is 1. The van der Waals surface area contributed by atoms with Crippen LogP contribution in [-0.4, -0.2) is 53.2 Å². The molecule has 114 valence electrons. The van der Waals surface area contributed by atoms with Crippen LogP contribution < -0.4 is 4.90 Å². The number of carbonyl (C=O) groups excluding carboxylic acids is 1. The third-order valence-electron chi connectivity index (χ3n) is 4.38. The maximum absolute atomic E-state index is 12.3. The molecule has 0 aromatic carbocycles. The number of aliphatic hydroxyl groups excluding tert-OH is 1. The molecular formula is C16H23N3O2. The fourth-order valence-electron chi connectivity index (χ4n) is 3.11. The molecule has 0 unspecified atom stereocenters. The van der Waals surface area contributed by atoms with E-state index in [0.29, 0.717) is 25.1 Å². The highest BCUT2D eigenvalue weighted by atomic mass is 16.3. The molecule has 0 radical (unpaired) electrons. The predicted octanol–water partition coefficient (Wildman–Crippen LogP) is 1.67. The molecule has 3 heterocycles. The molecule has 3 rings (SSSR count). The van der Waals surface area contributed by atoms with Crippen molar-refractivity contribution in [2.24, 2.45) is 0 Å². The summed E-state index contributed by atoms with van der Waals surface area (Å²) >= 11 is 0. The van der Waals surface area contributed by atoms with Crippen molar-refractivity contribution >= 4 is 11.7 Å². The number of aromatic nitrogens is 1. The minimum Gasteiger partial charge on any atom is -0.391 e. The van der Waals surface area contributed by atoms with Crippen molar-refractivity contribution in [1.29, 1.82) is 0 Å². The molecular weight excluding hydrogens is 266 g/mol. The van der Waals surface area contributed by atoms with Gasteiger partial charge in [-0.25, -0.2) is 4.98 Å². The molecule has 1 aromatic rings. The lowest BCUT2D eigenvalue weighted by Gasteiger charge is -2.22. The van der Waals surface area contributed by atoms with E-state index in [0.717, 1.165) is 18.9 Å². The van der Waals surface area contributed by atoms with E-state index < -0.39 is 0 Å². The van der Waals surface area contributed by atoms with E-state index in [2.05, 4.69) is 9.88 Å². The summed E-state index contributed by atoms with van der Waals surface area (Å²) in [6, 6.07) is 3.81. The zero-order valence-corrected chi connectivity index (χ0v) is 12.4. The highest BCUT2D eigenvalue weighted by Crippen LogP contribution is 2.19. The van der Waals surface area contributed by atoms with Crippen LogP contribution in [0, 0.1) is 0 Å². The summed E-state index contributed by atoms with van der Waals surface area (Å²) in [4.78, 5) is 20.8. The summed E-state index contributed by atoms with van der Waals surface area (Å²) in [6.07, 6.45) is 6.99. The van der Waals surface area contributed by atoms with E-state index >= 15 is 0 Å². The number of hydrogen-bond acceptors (Lipinski definition) is 4. The number of pyridine rings is 1. The largest absolute Gasteiger partial charge is 0.391 e. The molecule has 1 amide bonds. The summed E-state index contributed by atoms with van der Waals surface area (Å²) in [5.41, 5.74) is 0.614. The first-order valence-electron chi connectivity index (χ1n) is 7.92. The van der Waals surface area contributed by atoms with Gasteiger partial charge in [-0.15, -0.1) is 0 Å². The summed E-state index contributed by atoms with van der Waals surface area (Å²) in [6.45, 7) is 3.18. The fourth-order valence-corrected chi connectivity index (χ4v) is 3.11. The first-order chi connectivity index (χ1) is 10.2. The molecule has 1 aromatic heterocycles. The van der Waals surface area contributed by atoms with Gasteiger partial charge in [-0.1, -0.05) is 12.8 Å². The van der Waals surface area contributed by atoms with Gasteiger partial charge in [0.05, 0.1) is 11.7 Å². The van der Waals surface area contributed by atoms with Crippen LogP contribution in [0.1, 0.15) is 42.5 Å². The van der Waals surface area contributed by atoms with Crippen molar-refractivity contribution in [3.8, 4) is 0 Å². The molecule has 2 aliphatic rings. The van der Waals surface area contributed by atoms with Crippen molar-refractivity contribution in [2.75, 3.05) is 31.1 Å². The Morgan fingerprint density at radius 1 is 1.14 bits per heavy atom. The van der Waals surface area contributed by atoms with Crippen LogP contribution in [0.25, 0.3) is 0 Å². The molecule has 0 spiro atoms. The Kier molecular flexibility index (Phi) is 4.39. The minimum atomic E-state index is -0.377. The van der Waals surface area contributed by atoms with Gasteiger partial charge in [0, 0.05) is 32.4 Å². The molecule has 2 saturated heterocycles. The number of β-amino-alcohol motifs (C(OH)–C–C–N with tert-alkyl or cyclic N) is 1. The van der Waals surface area contributed by atoms with E-state index in [1.165, 1.54) is 25.7 Å². The van der Waals surface area contributed by atoms with Crippen LogP contribution in [0.4, 0.5) is 5.82 Å². The third kappa shape index (κ3) is 3.35. The number of amides is 1. The Hall–Kier alpha value is -1.62. The lowest BCUT2D eigenvalue weighted by molar-refractivity contribution is 0.0764. The first-order valence-corrected chi connectivity index (χ1v) is 7.92. The van der Waals surface area contributed by atoms with Gasteiger partial charge < -0.3 is 14.9 Å². The SMILES string of the molecule is O=C(c1ccc(N2CCCCCC2)nc1)N1CC[C@@H](O)C1. The van der Waals surface area contributed by atoms with E-state index in [9.17, 15) is 9.90 Å². The van der Waals surface area contributed by atoms with Crippen LogP contribution in [0.15, 0.2) is 18.3 Å². The highest BCUT2D eigenvalue weighted by Gasteiger charge is 2.25. The van der Waals surface area contributed by atoms with Crippen LogP contribution in [0.3, 0.4) is 0 Å². The number of carbonyl (C=O) groups is 1. The van der Waals surface area contributed by atoms with E-state index in [-0.39, 0.29) is 12.0 Å². The minimum absolute atomic E-state index is 0.0264. The zero-order chi connectivity index (χ0) is 14.7. The second-order valence-corrected chi connectivity index (χ2v) is 6.00. The van der Waals surface area contributed by atoms with Gasteiger partial charge in [0.1, 0.15) is 5.82 Å². The van der Waals surface area contributed by atoms with Crippen molar-refractivity contribution in [3.05, 3.63) is 23.9 Å². The molecule has 2 fully saturated rings. The van der Waals surface area contributed by atoms with Crippen LogP contribution in [0.5, 0.6) is 0 Å². The number of anilines is 1. The van der Waals surface area contributed by atoms with E-state index in [1.807, 2.05) is 12.1 Å². The zero-order valence-electron chi connectivity index (χ0n) is 12.4. The van der Waals surface area contributed by atoms with Gasteiger partial charge in [0.25, 0.3) is 5.91 Å². The van der Waals surface area contributed by atoms with Gasteiger partial charge in [-0.05, 0) is 31.4 Å². The van der Waals surface area contributed by atoms with Crippen molar-refractivity contribution in [1.82, 2.24) is 9.88 Å². The quantitative estimate of drug-likeness (QED) is 0.900. The Labute approximate surface area is 125 Å². The van der Waals surface area contributed by atoms with Gasteiger partial charge in [0.15, 0.2) is 0 Å². The van der Waals surface area contributed by atoms with Crippen LogP contribution in [0.2, 0.25) is 0 Å². The normalized spacial score (nSPS) is 23.2. The second kappa shape index (κ2) is 6.43. The number of nitrogens with zero attached hydrogens (tertiary/aromatic N) is 3. The molecule has 1 N–H and O–H groups in total. The monoisotopic (exact) mass is 289 g/mol. The summed E-state index contributed by atoms with van der Waals surface area (Å²) in [5.74, 6) is 0.941. The Morgan fingerprint density at radius 3 is 2.48 bits per heavy atom. The highest BCUT2D eigenvalue weighted by molar-refractivity contribution is 5.94.